The molecule has 0 saturated carbocycles. The molecular weight excluding hydrogens is 226 g/mol. The predicted molar refractivity (Wildman–Crippen MR) is 57.7 cm³/mol. The van der Waals surface area contributed by atoms with Gasteiger partial charge in [0.15, 0.2) is 5.78 Å². The van der Waals surface area contributed by atoms with Crippen LogP contribution in [0.25, 0.3) is 0 Å². The molecular formula is C12H10F2N2O. The minimum Gasteiger partial charge on any atom is -0.288 e. The fraction of sp³-hybridized carbons (Fsp3) is 0.167. The third-order valence-electron chi connectivity index (χ3n) is 2.43. The van der Waals surface area contributed by atoms with Gasteiger partial charge in [-0.05, 0) is 25.1 Å². The Hall–Kier alpha value is -2.04. The van der Waals surface area contributed by atoms with Crippen molar-refractivity contribution in [1.29, 1.82) is 0 Å². The topological polar surface area (TPSA) is 34.9 Å². The zero-order chi connectivity index (χ0) is 12.6. The second-order valence-electron chi connectivity index (χ2n) is 3.76. The molecule has 1 aromatic carbocycles. The second kappa shape index (κ2) is 4.08. The Kier molecular flexibility index (Phi) is 2.75. The number of aromatic nitrogens is 2. The van der Waals surface area contributed by atoms with Gasteiger partial charge in [-0.3, -0.25) is 9.48 Å². The van der Waals surface area contributed by atoms with E-state index in [9.17, 15) is 13.6 Å². The molecule has 5 heteroatoms. The van der Waals surface area contributed by atoms with Gasteiger partial charge in [0.05, 0.1) is 16.8 Å². The molecule has 1 aromatic heterocycles. The first-order valence-electron chi connectivity index (χ1n) is 4.99. The fourth-order valence-corrected chi connectivity index (χ4v) is 1.64. The van der Waals surface area contributed by atoms with Gasteiger partial charge in [0.1, 0.15) is 11.6 Å². The van der Waals surface area contributed by atoms with Crippen LogP contribution < -0.4 is 0 Å². The lowest BCUT2D eigenvalue weighted by atomic mass is 10.0. The van der Waals surface area contributed by atoms with Crippen molar-refractivity contribution in [3.63, 3.8) is 0 Å². The molecule has 0 spiro atoms. The molecule has 0 amide bonds. The van der Waals surface area contributed by atoms with Crippen molar-refractivity contribution in [1.82, 2.24) is 9.78 Å². The maximum Gasteiger partial charge on any atom is 0.199 e. The SMILES string of the molecule is Cc1nn(C)cc1C(=O)c1cc(F)ccc1F. The Morgan fingerprint density at radius 3 is 2.59 bits per heavy atom. The summed E-state index contributed by atoms with van der Waals surface area (Å²) in [5.74, 6) is -1.94. The van der Waals surface area contributed by atoms with Crippen LogP contribution in [0, 0.1) is 18.6 Å². The molecule has 2 aromatic rings. The molecule has 2 rings (SSSR count). The molecule has 0 atom stereocenters. The Bertz CT molecular complexity index is 590. The molecule has 0 saturated heterocycles. The number of rotatable bonds is 2. The summed E-state index contributed by atoms with van der Waals surface area (Å²) in [4.78, 5) is 12.0. The summed E-state index contributed by atoms with van der Waals surface area (Å²) in [5, 5.41) is 3.99. The summed E-state index contributed by atoms with van der Waals surface area (Å²) in [6.45, 7) is 1.64. The molecule has 0 aliphatic carbocycles. The Morgan fingerprint density at radius 2 is 2.00 bits per heavy atom. The Morgan fingerprint density at radius 1 is 1.29 bits per heavy atom. The summed E-state index contributed by atoms with van der Waals surface area (Å²) >= 11 is 0. The average molecular weight is 236 g/mol. The molecule has 0 radical (unpaired) electrons. The van der Waals surface area contributed by atoms with E-state index in [1.807, 2.05) is 0 Å². The van der Waals surface area contributed by atoms with Crippen molar-refractivity contribution in [3.8, 4) is 0 Å². The smallest absolute Gasteiger partial charge is 0.199 e. The molecule has 0 N–H and O–H groups in total. The zero-order valence-electron chi connectivity index (χ0n) is 9.37. The highest BCUT2D eigenvalue weighted by molar-refractivity contribution is 6.09. The van der Waals surface area contributed by atoms with E-state index < -0.39 is 17.4 Å². The van der Waals surface area contributed by atoms with E-state index in [1.54, 1.807) is 14.0 Å². The molecule has 0 unspecified atom stereocenters. The van der Waals surface area contributed by atoms with Gasteiger partial charge < -0.3 is 0 Å². The maximum atomic E-state index is 13.4. The van der Waals surface area contributed by atoms with Gasteiger partial charge in [-0.25, -0.2) is 8.78 Å². The van der Waals surface area contributed by atoms with Crippen LogP contribution in [0.2, 0.25) is 0 Å². The van der Waals surface area contributed by atoms with Gasteiger partial charge in [-0.1, -0.05) is 0 Å². The van der Waals surface area contributed by atoms with E-state index in [4.69, 9.17) is 0 Å². The molecule has 17 heavy (non-hydrogen) atoms. The van der Waals surface area contributed by atoms with Crippen molar-refractivity contribution in [3.05, 3.63) is 52.9 Å². The van der Waals surface area contributed by atoms with Gasteiger partial charge >= 0.3 is 0 Å². The van der Waals surface area contributed by atoms with E-state index in [1.165, 1.54) is 10.9 Å². The largest absolute Gasteiger partial charge is 0.288 e. The molecule has 3 nitrogen and oxygen atoms in total. The average Bonchev–Trinajstić information content (AvgIpc) is 2.60. The normalized spacial score (nSPS) is 10.6. The van der Waals surface area contributed by atoms with Crippen molar-refractivity contribution in [2.24, 2.45) is 7.05 Å². The van der Waals surface area contributed by atoms with E-state index in [-0.39, 0.29) is 11.1 Å². The van der Waals surface area contributed by atoms with Crippen LogP contribution in [-0.2, 0) is 7.05 Å². The van der Waals surface area contributed by atoms with Gasteiger partial charge in [0.25, 0.3) is 0 Å². The third-order valence-corrected chi connectivity index (χ3v) is 2.43. The number of ketones is 1. The third kappa shape index (κ3) is 2.08. The lowest BCUT2D eigenvalue weighted by Crippen LogP contribution is -2.05. The first-order valence-corrected chi connectivity index (χ1v) is 4.99. The van der Waals surface area contributed by atoms with Gasteiger partial charge in [-0.2, -0.15) is 5.10 Å². The van der Waals surface area contributed by atoms with Crippen molar-refractivity contribution in [2.75, 3.05) is 0 Å². The predicted octanol–water partition coefficient (Wildman–Crippen LogP) is 2.24. The molecule has 1 heterocycles. The first kappa shape index (κ1) is 11.4. The number of halogens is 2. The molecule has 0 aliphatic rings. The molecule has 88 valence electrons. The number of hydrogen-bond donors (Lipinski definition) is 0. The standard InChI is InChI=1S/C12H10F2N2O/c1-7-10(6-16(2)15-7)12(17)9-5-8(13)3-4-11(9)14/h3-6H,1-2H3. The highest BCUT2D eigenvalue weighted by Gasteiger charge is 2.18. The van der Waals surface area contributed by atoms with Crippen LogP contribution in [0.4, 0.5) is 8.78 Å². The summed E-state index contributed by atoms with van der Waals surface area (Å²) in [7, 11) is 1.66. The lowest BCUT2D eigenvalue weighted by Gasteiger charge is -2.01. The summed E-state index contributed by atoms with van der Waals surface area (Å²) in [6, 6.07) is 2.81. The fourth-order valence-electron chi connectivity index (χ4n) is 1.64. The van der Waals surface area contributed by atoms with Crippen LogP contribution in [0.1, 0.15) is 21.6 Å². The highest BCUT2D eigenvalue weighted by atomic mass is 19.1. The van der Waals surface area contributed by atoms with Crippen LogP contribution >= 0.6 is 0 Å². The van der Waals surface area contributed by atoms with E-state index in [0.717, 1.165) is 18.2 Å². The van der Waals surface area contributed by atoms with Crippen LogP contribution in [0.15, 0.2) is 24.4 Å². The van der Waals surface area contributed by atoms with Gasteiger partial charge in [0.2, 0.25) is 0 Å². The minimum absolute atomic E-state index is 0.275. The zero-order valence-corrected chi connectivity index (χ0v) is 9.37. The van der Waals surface area contributed by atoms with E-state index in [0.29, 0.717) is 5.69 Å². The quantitative estimate of drug-likeness (QED) is 0.749. The number of benzene rings is 1. The number of carbonyl (C=O) groups is 1. The number of aryl methyl sites for hydroxylation is 2. The van der Waals surface area contributed by atoms with Gasteiger partial charge in [0, 0.05) is 13.2 Å². The minimum atomic E-state index is -0.736. The Balaban J connectivity index is 2.50. The van der Waals surface area contributed by atoms with Crippen molar-refractivity contribution >= 4 is 5.78 Å². The van der Waals surface area contributed by atoms with Crippen molar-refractivity contribution in [2.45, 2.75) is 6.92 Å². The van der Waals surface area contributed by atoms with Crippen LogP contribution in [0.5, 0.6) is 0 Å². The Labute approximate surface area is 96.7 Å². The highest BCUT2D eigenvalue weighted by Crippen LogP contribution is 2.16. The van der Waals surface area contributed by atoms with E-state index >= 15 is 0 Å². The van der Waals surface area contributed by atoms with Crippen LogP contribution in [0.3, 0.4) is 0 Å². The second-order valence-corrected chi connectivity index (χ2v) is 3.76. The number of carbonyl (C=O) groups excluding carboxylic acids is 1. The summed E-state index contributed by atoms with van der Waals surface area (Å²) in [6.07, 6.45) is 1.49. The molecule has 0 bridgehead atoms. The first-order chi connectivity index (χ1) is 7.99. The molecule has 0 aliphatic heterocycles. The number of hydrogen-bond acceptors (Lipinski definition) is 2. The van der Waals surface area contributed by atoms with E-state index in [2.05, 4.69) is 5.10 Å². The summed E-state index contributed by atoms with van der Waals surface area (Å²) < 4.78 is 27.9. The van der Waals surface area contributed by atoms with Crippen molar-refractivity contribution < 1.29 is 13.6 Å². The monoisotopic (exact) mass is 236 g/mol. The molecule has 0 fully saturated rings. The van der Waals surface area contributed by atoms with Crippen LogP contribution in [-0.4, -0.2) is 15.6 Å². The van der Waals surface area contributed by atoms with Gasteiger partial charge in [-0.15, -0.1) is 0 Å². The maximum absolute atomic E-state index is 13.4. The lowest BCUT2D eigenvalue weighted by molar-refractivity contribution is 0.103. The summed E-state index contributed by atoms with van der Waals surface area (Å²) in [5.41, 5.74) is 0.485. The number of nitrogens with zero attached hydrogens (tertiary/aromatic N) is 2.